The Hall–Kier alpha value is -2.54. The summed E-state index contributed by atoms with van der Waals surface area (Å²) in [5, 5.41) is 16.7. The van der Waals surface area contributed by atoms with Crippen molar-refractivity contribution in [3.05, 3.63) is 61.8 Å². The summed E-state index contributed by atoms with van der Waals surface area (Å²) in [7, 11) is 0. The van der Waals surface area contributed by atoms with Crippen LogP contribution in [0.15, 0.2) is 40.8 Å². The van der Waals surface area contributed by atoms with Crippen molar-refractivity contribution in [3.8, 4) is 0 Å². The third-order valence-electron chi connectivity index (χ3n) is 2.86. The van der Waals surface area contributed by atoms with Crippen LogP contribution in [0.3, 0.4) is 0 Å². The molecule has 108 valence electrons. The Morgan fingerprint density at radius 1 is 1.38 bits per heavy atom. The van der Waals surface area contributed by atoms with Gasteiger partial charge in [-0.1, -0.05) is 6.07 Å². The number of hydrazone groups is 1. The molecule has 6 nitrogen and oxygen atoms in total. The van der Waals surface area contributed by atoms with Gasteiger partial charge < -0.3 is 0 Å². The normalized spacial score (nSPS) is 11.2. The van der Waals surface area contributed by atoms with Crippen molar-refractivity contribution in [2.24, 2.45) is 5.10 Å². The Morgan fingerprint density at radius 2 is 2.14 bits per heavy atom. The quantitative estimate of drug-likeness (QED) is 0.535. The molecule has 7 heteroatoms. The van der Waals surface area contributed by atoms with Gasteiger partial charge in [-0.25, -0.2) is 5.43 Å². The summed E-state index contributed by atoms with van der Waals surface area (Å²) in [6.45, 7) is 3.39. The zero-order valence-corrected chi connectivity index (χ0v) is 12.3. The Balaban J connectivity index is 2.12. The monoisotopic (exact) mass is 303 g/mol. The zero-order chi connectivity index (χ0) is 15.4. The highest BCUT2D eigenvalue weighted by Crippen LogP contribution is 2.18. The molecule has 1 aromatic heterocycles. The summed E-state index contributed by atoms with van der Waals surface area (Å²) in [4.78, 5) is 23.2. The highest BCUT2D eigenvalue weighted by molar-refractivity contribution is 7.12. The fourth-order valence-electron chi connectivity index (χ4n) is 1.74. The first kappa shape index (κ1) is 14.9. The molecule has 1 N–H and O–H groups in total. The SMILES string of the molecule is C/C(=N\NC(=O)c1ccc([N+](=O)[O-])c(C)c1)c1cccs1. The van der Waals surface area contributed by atoms with Gasteiger partial charge in [-0.2, -0.15) is 5.10 Å². The number of carbonyl (C=O) groups excluding carboxylic acids is 1. The lowest BCUT2D eigenvalue weighted by molar-refractivity contribution is -0.385. The van der Waals surface area contributed by atoms with Gasteiger partial charge in [-0.05, 0) is 37.4 Å². The van der Waals surface area contributed by atoms with Gasteiger partial charge >= 0.3 is 0 Å². The van der Waals surface area contributed by atoms with E-state index in [1.54, 1.807) is 13.8 Å². The van der Waals surface area contributed by atoms with E-state index in [0.717, 1.165) is 4.88 Å². The van der Waals surface area contributed by atoms with Crippen LogP contribution < -0.4 is 5.43 Å². The number of benzene rings is 1. The number of nitro benzene ring substituents is 1. The van der Waals surface area contributed by atoms with E-state index in [-0.39, 0.29) is 5.69 Å². The first-order chi connectivity index (χ1) is 9.99. The van der Waals surface area contributed by atoms with Gasteiger partial charge in [-0.3, -0.25) is 14.9 Å². The van der Waals surface area contributed by atoms with E-state index >= 15 is 0 Å². The second kappa shape index (κ2) is 6.27. The lowest BCUT2D eigenvalue weighted by atomic mass is 10.1. The Bertz CT molecular complexity index is 708. The lowest BCUT2D eigenvalue weighted by Crippen LogP contribution is -2.19. The average molecular weight is 303 g/mol. The van der Waals surface area contributed by atoms with E-state index in [4.69, 9.17) is 0 Å². The summed E-state index contributed by atoms with van der Waals surface area (Å²) in [6, 6.07) is 8.02. The standard InChI is InChI=1S/C14H13N3O3S/c1-9-8-11(5-6-12(9)17(19)20)14(18)16-15-10(2)13-4-3-7-21-13/h3-8H,1-2H3,(H,16,18)/b15-10+. The fourth-order valence-corrected chi connectivity index (χ4v) is 2.42. The molecule has 0 saturated heterocycles. The van der Waals surface area contributed by atoms with Crippen molar-refractivity contribution >= 4 is 28.6 Å². The van der Waals surface area contributed by atoms with E-state index in [2.05, 4.69) is 10.5 Å². The maximum atomic E-state index is 12.0. The van der Waals surface area contributed by atoms with E-state index in [9.17, 15) is 14.9 Å². The maximum Gasteiger partial charge on any atom is 0.272 e. The molecular weight excluding hydrogens is 290 g/mol. The molecule has 0 aliphatic heterocycles. The van der Waals surface area contributed by atoms with Gasteiger partial charge in [0.2, 0.25) is 0 Å². The van der Waals surface area contributed by atoms with Gasteiger partial charge in [0.1, 0.15) is 0 Å². The Labute approximate surface area is 125 Å². The van der Waals surface area contributed by atoms with Crippen LogP contribution >= 0.6 is 11.3 Å². The molecule has 0 unspecified atom stereocenters. The first-order valence-corrected chi connectivity index (χ1v) is 7.00. The van der Waals surface area contributed by atoms with Crippen molar-refractivity contribution in [2.45, 2.75) is 13.8 Å². The number of thiophene rings is 1. The van der Waals surface area contributed by atoms with Crippen molar-refractivity contribution in [3.63, 3.8) is 0 Å². The molecule has 0 saturated carbocycles. The fraction of sp³-hybridized carbons (Fsp3) is 0.143. The van der Waals surface area contributed by atoms with Gasteiger partial charge in [0.05, 0.1) is 10.6 Å². The highest BCUT2D eigenvalue weighted by atomic mass is 32.1. The van der Waals surface area contributed by atoms with E-state index in [1.807, 2.05) is 17.5 Å². The summed E-state index contributed by atoms with van der Waals surface area (Å²) >= 11 is 1.53. The number of rotatable bonds is 4. The predicted molar refractivity (Wildman–Crippen MR) is 81.8 cm³/mol. The first-order valence-electron chi connectivity index (χ1n) is 6.12. The van der Waals surface area contributed by atoms with Crippen LogP contribution in [0, 0.1) is 17.0 Å². The Kier molecular flexibility index (Phi) is 4.44. The molecule has 1 aromatic carbocycles. The molecule has 0 bridgehead atoms. The summed E-state index contributed by atoms with van der Waals surface area (Å²) in [6.07, 6.45) is 0. The number of nitro groups is 1. The Morgan fingerprint density at radius 3 is 2.71 bits per heavy atom. The average Bonchev–Trinajstić information content (AvgIpc) is 2.98. The zero-order valence-electron chi connectivity index (χ0n) is 11.5. The smallest absolute Gasteiger partial charge is 0.267 e. The summed E-state index contributed by atoms with van der Waals surface area (Å²) < 4.78 is 0. The minimum atomic E-state index is -0.476. The molecule has 0 spiro atoms. The van der Waals surface area contributed by atoms with E-state index in [0.29, 0.717) is 16.8 Å². The number of carbonyl (C=O) groups is 1. The number of nitrogens with zero attached hydrogens (tertiary/aromatic N) is 2. The molecule has 0 aliphatic rings. The van der Waals surface area contributed by atoms with Crippen LogP contribution in [-0.2, 0) is 0 Å². The minimum Gasteiger partial charge on any atom is -0.267 e. The largest absolute Gasteiger partial charge is 0.272 e. The second-order valence-electron chi connectivity index (χ2n) is 4.37. The molecule has 0 radical (unpaired) electrons. The topological polar surface area (TPSA) is 84.6 Å². The molecule has 2 rings (SSSR count). The van der Waals surface area contributed by atoms with Crippen molar-refractivity contribution in [2.75, 3.05) is 0 Å². The number of hydrogen-bond acceptors (Lipinski definition) is 5. The van der Waals surface area contributed by atoms with Crippen molar-refractivity contribution < 1.29 is 9.72 Å². The van der Waals surface area contributed by atoms with Crippen LogP contribution in [-0.4, -0.2) is 16.5 Å². The van der Waals surface area contributed by atoms with Gasteiger partial charge in [0, 0.05) is 22.1 Å². The van der Waals surface area contributed by atoms with E-state index in [1.165, 1.54) is 29.5 Å². The van der Waals surface area contributed by atoms with Crippen LogP contribution in [0.5, 0.6) is 0 Å². The van der Waals surface area contributed by atoms with Crippen LogP contribution in [0.2, 0.25) is 0 Å². The van der Waals surface area contributed by atoms with Gasteiger partial charge in [0.15, 0.2) is 0 Å². The van der Waals surface area contributed by atoms with Crippen molar-refractivity contribution in [1.82, 2.24) is 5.43 Å². The molecule has 21 heavy (non-hydrogen) atoms. The predicted octanol–water partition coefficient (Wildman–Crippen LogP) is 3.12. The van der Waals surface area contributed by atoms with Crippen LogP contribution in [0.4, 0.5) is 5.69 Å². The second-order valence-corrected chi connectivity index (χ2v) is 5.32. The highest BCUT2D eigenvalue weighted by Gasteiger charge is 2.13. The number of amides is 1. The maximum absolute atomic E-state index is 12.0. The molecule has 2 aromatic rings. The minimum absolute atomic E-state index is 0.00943. The molecule has 1 heterocycles. The lowest BCUT2D eigenvalue weighted by Gasteiger charge is -2.03. The summed E-state index contributed by atoms with van der Waals surface area (Å²) in [5.41, 5.74) is 3.92. The summed E-state index contributed by atoms with van der Waals surface area (Å²) in [5.74, 6) is -0.399. The van der Waals surface area contributed by atoms with Gasteiger partial charge in [-0.15, -0.1) is 11.3 Å². The third-order valence-corrected chi connectivity index (χ3v) is 3.84. The number of hydrogen-bond donors (Lipinski definition) is 1. The van der Waals surface area contributed by atoms with E-state index < -0.39 is 10.8 Å². The molecule has 0 fully saturated rings. The number of nitrogens with one attached hydrogen (secondary N) is 1. The molecule has 0 aliphatic carbocycles. The van der Waals surface area contributed by atoms with Crippen LogP contribution in [0.1, 0.15) is 27.7 Å². The molecular formula is C14H13N3O3S. The van der Waals surface area contributed by atoms with Crippen LogP contribution in [0.25, 0.3) is 0 Å². The number of aryl methyl sites for hydroxylation is 1. The van der Waals surface area contributed by atoms with Crippen molar-refractivity contribution in [1.29, 1.82) is 0 Å². The third kappa shape index (κ3) is 3.51. The molecule has 0 atom stereocenters. The molecule has 1 amide bonds. The van der Waals surface area contributed by atoms with Gasteiger partial charge in [0.25, 0.3) is 11.6 Å².